The van der Waals surface area contributed by atoms with Crippen molar-refractivity contribution in [2.45, 2.75) is 13.8 Å². The second kappa shape index (κ2) is 7.51. The lowest BCUT2D eigenvalue weighted by Crippen LogP contribution is -1.85. The molecule has 0 saturated carbocycles. The van der Waals surface area contributed by atoms with Crippen LogP contribution in [0.3, 0.4) is 0 Å². The summed E-state index contributed by atoms with van der Waals surface area (Å²) in [7, 11) is 0. The third-order valence-electron chi connectivity index (χ3n) is 4.71. The van der Waals surface area contributed by atoms with Crippen LogP contribution in [0.15, 0.2) is 97.1 Å². The molecule has 0 atom stereocenters. The van der Waals surface area contributed by atoms with Crippen molar-refractivity contribution in [1.82, 2.24) is 0 Å². The highest BCUT2D eigenvalue weighted by atomic mass is 16.5. The summed E-state index contributed by atoms with van der Waals surface area (Å²) in [5.41, 5.74) is 7.37. The van der Waals surface area contributed by atoms with Gasteiger partial charge >= 0.3 is 0 Å². The van der Waals surface area contributed by atoms with Gasteiger partial charge in [-0.3, -0.25) is 0 Å². The predicted molar refractivity (Wildman–Crippen MR) is 113 cm³/mol. The number of hydrogen-bond donors (Lipinski definition) is 0. The average molecular weight is 350 g/mol. The van der Waals surface area contributed by atoms with Gasteiger partial charge in [-0.25, -0.2) is 0 Å². The minimum atomic E-state index is 0.846. The summed E-state index contributed by atoms with van der Waals surface area (Å²) in [4.78, 5) is 0. The summed E-state index contributed by atoms with van der Waals surface area (Å²) in [5, 5.41) is 0. The molecule has 0 heterocycles. The van der Waals surface area contributed by atoms with Gasteiger partial charge in [0.2, 0.25) is 0 Å². The largest absolute Gasteiger partial charge is 0.457 e. The highest BCUT2D eigenvalue weighted by molar-refractivity contribution is 5.70. The first kappa shape index (κ1) is 17.1. The summed E-state index contributed by atoms with van der Waals surface area (Å²) in [6, 6.07) is 33.7. The van der Waals surface area contributed by atoms with E-state index in [-0.39, 0.29) is 0 Å². The Kier molecular flexibility index (Phi) is 4.76. The summed E-state index contributed by atoms with van der Waals surface area (Å²) >= 11 is 0. The molecule has 0 bridgehead atoms. The fraction of sp³-hybridized carbons (Fsp3) is 0.0769. The van der Waals surface area contributed by atoms with E-state index in [1.807, 2.05) is 24.3 Å². The molecular formula is C26H22O. The van der Waals surface area contributed by atoms with Gasteiger partial charge in [-0.2, -0.15) is 0 Å². The van der Waals surface area contributed by atoms with Gasteiger partial charge in [0.15, 0.2) is 0 Å². The average Bonchev–Trinajstić information content (AvgIpc) is 2.71. The highest BCUT2D eigenvalue weighted by Crippen LogP contribution is 2.28. The van der Waals surface area contributed by atoms with Crippen molar-refractivity contribution in [3.8, 4) is 33.8 Å². The Bertz CT molecular complexity index is 1010. The first-order valence-corrected chi connectivity index (χ1v) is 9.19. The first-order chi connectivity index (χ1) is 13.2. The molecule has 0 fully saturated rings. The van der Waals surface area contributed by atoms with Crippen LogP contribution in [0.5, 0.6) is 11.5 Å². The molecular weight excluding hydrogens is 328 g/mol. The van der Waals surface area contributed by atoms with E-state index in [9.17, 15) is 0 Å². The molecule has 1 heteroatoms. The van der Waals surface area contributed by atoms with Crippen molar-refractivity contribution in [1.29, 1.82) is 0 Å². The van der Waals surface area contributed by atoms with Gasteiger partial charge in [0.05, 0.1) is 0 Å². The molecule has 27 heavy (non-hydrogen) atoms. The van der Waals surface area contributed by atoms with Crippen LogP contribution in [-0.4, -0.2) is 0 Å². The van der Waals surface area contributed by atoms with E-state index in [1.54, 1.807) is 0 Å². The Hall–Kier alpha value is -3.32. The molecule has 0 amide bonds. The van der Waals surface area contributed by atoms with Crippen LogP contribution < -0.4 is 4.74 Å². The molecule has 0 saturated heterocycles. The molecule has 4 aromatic carbocycles. The number of rotatable bonds is 4. The zero-order chi connectivity index (χ0) is 18.6. The van der Waals surface area contributed by atoms with Crippen molar-refractivity contribution in [3.05, 3.63) is 108 Å². The molecule has 1 nitrogen and oxygen atoms in total. The lowest BCUT2D eigenvalue weighted by molar-refractivity contribution is 0.482. The maximum Gasteiger partial charge on any atom is 0.127 e. The minimum absolute atomic E-state index is 0.846. The van der Waals surface area contributed by atoms with Crippen LogP contribution in [0.4, 0.5) is 0 Å². The maximum atomic E-state index is 5.91. The molecule has 0 aliphatic rings. The maximum absolute atomic E-state index is 5.91. The molecule has 0 spiro atoms. The van der Waals surface area contributed by atoms with E-state index < -0.39 is 0 Å². The van der Waals surface area contributed by atoms with Crippen molar-refractivity contribution in [2.75, 3.05) is 0 Å². The second-order valence-electron chi connectivity index (χ2n) is 6.88. The fourth-order valence-electron chi connectivity index (χ4n) is 3.06. The number of hydrogen-bond acceptors (Lipinski definition) is 1. The van der Waals surface area contributed by atoms with E-state index in [4.69, 9.17) is 4.74 Å². The van der Waals surface area contributed by atoms with Crippen molar-refractivity contribution < 1.29 is 4.74 Å². The zero-order valence-electron chi connectivity index (χ0n) is 15.6. The van der Waals surface area contributed by atoms with Gasteiger partial charge in [-0.05, 0) is 60.4 Å². The van der Waals surface area contributed by atoms with Crippen LogP contribution in [-0.2, 0) is 0 Å². The lowest BCUT2D eigenvalue weighted by Gasteiger charge is -2.08. The SMILES string of the molecule is Cc1ccc(Oc2ccc(-c3ccc(-c4ccc(C)cc4)cc3)cc2)cc1. The predicted octanol–water partition coefficient (Wildman–Crippen LogP) is 7.43. The molecule has 0 aliphatic heterocycles. The topological polar surface area (TPSA) is 9.23 Å². The Morgan fingerprint density at radius 2 is 0.630 bits per heavy atom. The summed E-state index contributed by atoms with van der Waals surface area (Å²) in [5.74, 6) is 1.70. The van der Waals surface area contributed by atoms with Gasteiger partial charge in [-0.15, -0.1) is 0 Å². The lowest BCUT2D eigenvalue weighted by atomic mass is 10.00. The van der Waals surface area contributed by atoms with Gasteiger partial charge in [-0.1, -0.05) is 83.9 Å². The van der Waals surface area contributed by atoms with Crippen molar-refractivity contribution in [3.63, 3.8) is 0 Å². The molecule has 0 aromatic heterocycles. The second-order valence-corrected chi connectivity index (χ2v) is 6.88. The first-order valence-electron chi connectivity index (χ1n) is 9.19. The Balaban J connectivity index is 1.50. The van der Waals surface area contributed by atoms with Gasteiger partial charge < -0.3 is 4.74 Å². The van der Waals surface area contributed by atoms with E-state index in [0.717, 1.165) is 11.5 Å². The van der Waals surface area contributed by atoms with E-state index >= 15 is 0 Å². The number of ether oxygens (including phenoxy) is 1. The van der Waals surface area contributed by atoms with Gasteiger partial charge in [0, 0.05) is 0 Å². The summed E-state index contributed by atoms with van der Waals surface area (Å²) in [6.45, 7) is 4.18. The summed E-state index contributed by atoms with van der Waals surface area (Å²) in [6.07, 6.45) is 0. The Labute approximate surface area is 160 Å². The molecule has 0 unspecified atom stereocenters. The highest BCUT2D eigenvalue weighted by Gasteiger charge is 2.02. The monoisotopic (exact) mass is 350 g/mol. The van der Waals surface area contributed by atoms with Gasteiger partial charge in [0.25, 0.3) is 0 Å². The molecule has 0 N–H and O–H groups in total. The molecule has 4 aromatic rings. The van der Waals surface area contributed by atoms with E-state index in [2.05, 4.69) is 86.6 Å². The standard InChI is InChI=1S/C26H22O/c1-19-3-7-21(8-4-19)22-9-11-23(12-10-22)24-13-17-26(18-14-24)27-25-15-5-20(2)6-16-25/h3-18H,1-2H3. The zero-order valence-corrected chi connectivity index (χ0v) is 15.6. The summed E-state index contributed by atoms with van der Waals surface area (Å²) < 4.78 is 5.91. The number of aryl methyl sites for hydroxylation is 2. The number of benzene rings is 4. The Morgan fingerprint density at radius 3 is 1.04 bits per heavy atom. The van der Waals surface area contributed by atoms with E-state index in [0.29, 0.717) is 0 Å². The third kappa shape index (κ3) is 4.09. The van der Waals surface area contributed by atoms with Crippen molar-refractivity contribution >= 4 is 0 Å². The van der Waals surface area contributed by atoms with Crippen LogP contribution in [0, 0.1) is 13.8 Å². The van der Waals surface area contributed by atoms with E-state index in [1.165, 1.54) is 33.4 Å². The van der Waals surface area contributed by atoms with Gasteiger partial charge in [0.1, 0.15) is 11.5 Å². The van der Waals surface area contributed by atoms with Crippen molar-refractivity contribution in [2.24, 2.45) is 0 Å². The third-order valence-corrected chi connectivity index (χ3v) is 4.71. The smallest absolute Gasteiger partial charge is 0.127 e. The quantitative estimate of drug-likeness (QED) is 0.372. The molecule has 0 radical (unpaired) electrons. The molecule has 0 aliphatic carbocycles. The minimum Gasteiger partial charge on any atom is -0.457 e. The van der Waals surface area contributed by atoms with Crippen LogP contribution in [0.25, 0.3) is 22.3 Å². The normalized spacial score (nSPS) is 10.6. The molecule has 132 valence electrons. The van der Waals surface area contributed by atoms with Crippen LogP contribution in [0.2, 0.25) is 0 Å². The Morgan fingerprint density at radius 1 is 0.370 bits per heavy atom. The molecule has 4 rings (SSSR count). The van der Waals surface area contributed by atoms with Crippen LogP contribution >= 0.6 is 0 Å². The fourth-order valence-corrected chi connectivity index (χ4v) is 3.06. The van der Waals surface area contributed by atoms with Crippen LogP contribution in [0.1, 0.15) is 11.1 Å².